The van der Waals surface area contributed by atoms with Crippen molar-refractivity contribution in [2.45, 2.75) is 25.8 Å². The van der Waals surface area contributed by atoms with Crippen LogP contribution in [0.5, 0.6) is 0 Å². The molecule has 2 amide bonds. The quantitative estimate of drug-likeness (QED) is 0.914. The van der Waals surface area contributed by atoms with Gasteiger partial charge in [-0.25, -0.2) is 4.39 Å². The normalized spacial score (nSPS) is 16.8. The molecule has 0 fully saturated rings. The number of halogens is 1. The van der Waals surface area contributed by atoms with Gasteiger partial charge in [-0.1, -0.05) is 6.07 Å². The number of thiophene rings is 1. The van der Waals surface area contributed by atoms with Crippen LogP contribution in [-0.2, 0) is 16.1 Å². The first-order valence-electron chi connectivity index (χ1n) is 6.94. The molecule has 0 saturated heterocycles. The Morgan fingerprint density at radius 3 is 3.00 bits per heavy atom. The standard InChI is InChI=1S/C16H15FN2O2S/c1-9-4-5-22-14(9)8-18-16(21)12-7-15(20)19-13-6-10(17)2-3-11(12)13/h2-6,12H,7-8H2,1H3,(H,18,21)(H,19,20)/t12-/m1/s1. The molecule has 6 heteroatoms. The van der Waals surface area contributed by atoms with Crippen molar-refractivity contribution in [2.75, 3.05) is 5.32 Å². The van der Waals surface area contributed by atoms with E-state index in [1.165, 1.54) is 12.1 Å². The zero-order chi connectivity index (χ0) is 15.7. The van der Waals surface area contributed by atoms with E-state index in [9.17, 15) is 14.0 Å². The van der Waals surface area contributed by atoms with E-state index >= 15 is 0 Å². The summed E-state index contributed by atoms with van der Waals surface area (Å²) in [7, 11) is 0. The van der Waals surface area contributed by atoms with Gasteiger partial charge in [-0.05, 0) is 41.6 Å². The Hall–Kier alpha value is -2.21. The summed E-state index contributed by atoms with van der Waals surface area (Å²) in [6, 6.07) is 6.11. The largest absolute Gasteiger partial charge is 0.351 e. The van der Waals surface area contributed by atoms with Gasteiger partial charge in [-0.3, -0.25) is 9.59 Å². The topological polar surface area (TPSA) is 58.2 Å². The average molecular weight is 318 g/mol. The first-order valence-corrected chi connectivity index (χ1v) is 7.82. The fourth-order valence-corrected chi connectivity index (χ4v) is 3.39. The average Bonchev–Trinajstić information content (AvgIpc) is 2.88. The monoisotopic (exact) mass is 318 g/mol. The second-order valence-corrected chi connectivity index (χ2v) is 6.28. The van der Waals surface area contributed by atoms with Crippen LogP contribution in [0.2, 0.25) is 0 Å². The van der Waals surface area contributed by atoms with E-state index in [1.54, 1.807) is 17.4 Å². The van der Waals surface area contributed by atoms with Gasteiger partial charge in [0, 0.05) is 17.0 Å². The number of benzene rings is 1. The zero-order valence-corrected chi connectivity index (χ0v) is 12.8. The molecule has 1 aliphatic heterocycles. The van der Waals surface area contributed by atoms with Gasteiger partial charge in [-0.2, -0.15) is 0 Å². The Bertz CT molecular complexity index is 741. The van der Waals surface area contributed by atoms with Crippen LogP contribution >= 0.6 is 11.3 Å². The summed E-state index contributed by atoms with van der Waals surface area (Å²) in [4.78, 5) is 25.2. The second-order valence-electron chi connectivity index (χ2n) is 5.28. The minimum absolute atomic E-state index is 0.0773. The number of aryl methyl sites for hydroxylation is 1. The lowest BCUT2D eigenvalue weighted by atomic mass is 9.89. The van der Waals surface area contributed by atoms with Crippen LogP contribution in [-0.4, -0.2) is 11.8 Å². The van der Waals surface area contributed by atoms with E-state index < -0.39 is 11.7 Å². The molecule has 1 aromatic heterocycles. The summed E-state index contributed by atoms with van der Waals surface area (Å²) >= 11 is 1.58. The van der Waals surface area contributed by atoms with Gasteiger partial charge in [0.1, 0.15) is 5.82 Å². The highest BCUT2D eigenvalue weighted by Crippen LogP contribution is 2.33. The third kappa shape index (κ3) is 2.87. The molecule has 0 spiro atoms. The lowest BCUT2D eigenvalue weighted by molar-refractivity contribution is -0.126. The molecular weight excluding hydrogens is 303 g/mol. The molecule has 2 N–H and O–H groups in total. The van der Waals surface area contributed by atoms with Crippen LogP contribution in [0, 0.1) is 12.7 Å². The molecule has 3 rings (SSSR count). The highest BCUT2D eigenvalue weighted by atomic mass is 32.1. The molecule has 0 bridgehead atoms. The van der Waals surface area contributed by atoms with Gasteiger partial charge < -0.3 is 10.6 Å². The van der Waals surface area contributed by atoms with E-state index in [4.69, 9.17) is 0 Å². The van der Waals surface area contributed by atoms with Gasteiger partial charge in [0.15, 0.2) is 0 Å². The predicted molar refractivity (Wildman–Crippen MR) is 83.3 cm³/mol. The highest BCUT2D eigenvalue weighted by molar-refractivity contribution is 7.10. The van der Waals surface area contributed by atoms with Crippen LogP contribution in [0.15, 0.2) is 29.6 Å². The number of rotatable bonds is 3. The van der Waals surface area contributed by atoms with Crippen LogP contribution in [0.4, 0.5) is 10.1 Å². The first kappa shape index (κ1) is 14.7. The number of fused-ring (bicyclic) bond motifs is 1. The Morgan fingerprint density at radius 1 is 1.45 bits per heavy atom. The second kappa shape index (κ2) is 5.88. The maximum atomic E-state index is 13.3. The maximum absolute atomic E-state index is 13.3. The number of carbonyl (C=O) groups excluding carboxylic acids is 2. The first-order chi connectivity index (χ1) is 10.5. The molecule has 4 nitrogen and oxygen atoms in total. The summed E-state index contributed by atoms with van der Waals surface area (Å²) in [5, 5.41) is 7.45. The predicted octanol–water partition coefficient (Wildman–Crippen LogP) is 2.94. The Kier molecular flexibility index (Phi) is 3.94. The Labute approximate surface area is 131 Å². The highest BCUT2D eigenvalue weighted by Gasteiger charge is 2.30. The molecule has 0 saturated carbocycles. The number of anilines is 1. The van der Waals surface area contributed by atoms with E-state index in [-0.39, 0.29) is 18.2 Å². The number of hydrogen-bond donors (Lipinski definition) is 2. The molecule has 0 aliphatic carbocycles. The molecule has 1 aromatic carbocycles. The van der Waals surface area contributed by atoms with Crippen molar-refractivity contribution >= 4 is 28.8 Å². The van der Waals surface area contributed by atoms with E-state index in [1.807, 2.05) is 18.4 Å². The van der Waals surface area contributed by atoms with Gasteiger partial charge >= 0.3 is 0 Å². The maximum Gasteiger partial charge on any atom is 0.228 e. The molecule has 22 heavy (non-hydrogen) atoms. The van der Waals surface area contributed by atoms with Crippen molar-refractivity contribution in [3.05, 3.63) is 51.5 Å². The summed E-state index contributed by atoms with van der Waals surface area (Å²) < 4.78 is 13.3. The fraction of sp³-hybridized carbons (Fsp3) is 0.250. The lowest BCUT2D eigenvalue weighted by Gasteiger charge is -2.24. The van der Waals surface area contributed by atoms with Crippen molar-refractivity contribution in [3.8, 4) is 0 Å². The third-order valence-electron chi connectivity index (χ3n) is 3.76. The van der Waals surface area contributed by atoms with Crippen LogP contribution in [0.3, 0.4) is 0 Å². The SMILES string of the molecule is Cc1ccsc1CNC(=O)[C@@H]1CC(=O)Nc2cc(F)ccc21. The lowest BCUT2D eigenvalue weighted by Crippen LogP contribution is -2.34. The fourth-order valence-electron chi connectivity index (χ4n) is 2.55. The molecule has 114 valence electrons. The van der Waals surface area contributed by atoms with Crippen molar-refractivity contribution in [3.63, 3.8) is 0 Å². The molecule has 2 aromatic rings. The summed E-state index contributed by atoms with van der Waals surface area (Å²) in [5.74, 6) is -1.50. The van der Waals surface area contributed by atoms with Crippen molar-refractivity contribution in [2.24, 2.45) is 0 Å². The number of amides is 2. The van der Waals surface area contributed by atoms with E-state index in [0.29, 0.717) is 17.8 Å². The smallest absolute Gasteiger partial charge is 0.228 e. The van der Waals surface area contributed by atoms with Gasteiger partial charge in [0.2, 0.25) is 11.8 Å². The summed E-state index contributed by atoms with van der Waals surface area (Å²) in [6.07, 6.45) is 0.0773. The molecular formula is C16H15FN2O2S. The molecule has 1 aliphatic rings. The van der Waals surface area contributed by atoms with Crippen LogP contribution < -0.4 is 10.6 Å². The zero-order valence-electron chi connectivity index (χ0n) is 12.0. The summed E-state index contributed by atoms with van der Waals surface area (Å²) in [5.41, 5.74) is 2.17. The minimum atomic E-state index is -0.579. The molecule has 0 unspecified atom stereocenters. The minimum Gasteiger partial charge on any atom is -0.351 e. The number of nitrogens with one attached hydrogen (secondary N) is 2. The van der Waals surface area contributed by atoms with Gasteiger partial charge in [-0.15, -0.1) is 11.3 Å². The molecule has 2 heterocycles. The summed E-state index contributed by atoms with van der Waals surface area (Å²) in [6.45, 7) is 2.43. The molecule has 1 atom stereocenters. The molecule has 0 radical (unpaired) electrons. The van der Waals surface area contributed by atoms with Gasteiger partial charge in [0.25, 0.3) is 0 Å². The third-order valence-corrected chi connectivity index (χ3v) is 4.79. The van der Waals surface area contributed by atoms with Crippen molar-refractivity contribution in [1.29, 1.82) is 0 Å². The van der Waals surface area contributed by atoms with Gasteiger partial charge in [0.05, 0.1) is 12.5 Å². The number of carbonyl (C=O) groups is 2. The Morgan fingerprint density at radius 2 is 2.27 bits per heavy atom. The van der Waals surface area contributed by atoms with Crippen molar-refractivity contribution in [1.82, 2.24) is 5.32 Å². The van der Waals surface area contributed by atoms with Crippen LogP contribution in [0.25, 0.3) is 0 Å². The Balaban J connectivity index is 1.78. The van der Waals surface area contributed by atoms with Crippen LogP contribution in [0.1, 0.15) is 28.3 Å². The van der Waals surface area contributed by atoms with Crippen molar-refractivity contribution < 1.29 is 14.0 Å². The van der Waals surface area contributed by atoms with E-state index in [2.05, 4.69) is 10.6 Å². The van der Waals surface area contributed by atoms with E-state index in [0.717, 1.165) is 10.4 Å². The number of hydrogen-bond acceptors (Lipinski definition) is 3.